The number of benzene rings is 2. The van der Waals surface area contributed by atoms with Gasteiger partial charge < -0.3 is 36.4 Å². The van der Waals surface area contributed by atoms with Gasteiger partial charge in [-0.2, -0.15) is 0 Å². The zero-order chi connectivity index (χ0) is 27.9. The molecule has 1 aromatic heterocycles. The Morgan fingerprint density at radius 3 is 2.51 bits per heavy atom. The lowest BCUT2D eigenvalue weighted by molar-refractivity contribution is 0.100. The van der Waals surface area contributed by atoms with Gasteiger partial charge in [-0.05, 0) is 68.7 Å². The van der Waals surface area contributed by atoms with E-state index in [2.05, 4.69) is 20.5 Å². The number of carbonyl (C=O) groups excluding carboxylic acids is 1. The maximum atomic E-state index is 12.9. The molecule has 0 aliphatic carbocycles. The molecule has 0 spiro atoms. The molecule has 1 fully saturated rings. The standard InChI is InChI=1S/C29H37N7O3/c1-4-6-23(30)25-26(32-3)29(38)35-28(34-25)22-17-20(9-12-24(22)39-5-2)33-19-13-15-36(16-14-19)21-10-7-18(8-11-21)27(31)37/h7-12,17,19,30,32-33H,4-6,13-16H2,1-3H3,(H2,31,37)(H,34,35,38). The first-order chi connectivity index (χ1) is 18.8. The molecule has 2 aromatic carbocycles. The lowest BCUT2D eigenvalue weighted by Gasteiger charge is -2.34. The highest BCUT2D eigenvalue weighted by Gasteiger charge is 2.21. The number of carbonyl (C=O) groups is 1. The number of nitrogens with two attached hydrogens (primary N) is 1. The number of rotatable bonds is 11. The summed E-state index contributed by atoms with van der Waals surface area (Å²) < 4.78 is 5.87. The van der Waals surface area contributed by atoms with Crippen molar-refractivity contribution in [2.24, 2.45) is 5.73 Å². The maximum absolute atomic E-state index is 12.9. The second-order valence-corrected chi connectivity index (χ2v) is 9.58. The predicted molar refractivity (Wildman–Crippen MR) is 157 cm³/mol. The van der Waals surface area contributed by atoms with E-state index in [9.17, 15) is 9.59 Å². The van der Waals surface area contributed by atoms with E-state index in [1.165, 1.54) is 0 Å². The zero-order valence-electron chi connectivity index (χ0n) is 22.8. The molecule has 0 radical (unpaired) electrons. The molecule has 10 heteroatoms. The van der Waals surface area contributed by atoms with Crippen LogP contribution in [0.15, 0.2) is 47.3 Å². The van der Waals surface area contributed by atoms with E-state index in [-0.39, 0.29) is 11.6 Å². The van der Waals surface area contributed by atoms with Gasteiger partial charge in [0.2, 0.25) is 5.91 Å². The molecule has 10 nitrogen and oxygen atoms in total. The van der Waals surface area contributed by atoms with Crippen molar-refractivity contribution in [2.75, 3.05) is 42.3 Å². The molecular weight excluding hydrogens is 494 g/mol. The minimum atomic E-state index is -0.424. The highest BCUT2D eigenvalue weighted by molar-refractivity contribution is 6.01. The molecule has 0 unspecified atom stereocenters. The molecule has 0 saturated carbocycles. The molecule has 1 aliphatic rings. The van der Waals surface area contributed by atoms with E-state index < -0.39 is 5.91 Å². The molecule has 4 rings (SSSR count). The number of anilines is 3. The summed E-state index contributed by atoms with van der Waals surface area (Å²) in [7, 11) is 1.66. The minimum Gasteiger partial charge on any atom is -0.493 e. The van der Waals surface area contributed by atoms with Crippen molar-refractivity contribution in [3.05, 3.63) is 64.1 Å². The van der Waals surface area contributed by atoms with Gasteiger partial charge in [-0.25, -0.2) is 4.98 Å². The van der Waals surface area contributed by atoms with E-state index in [1.807, 2.05) is 44.2 Å². The van der Waals surface area contributed by atoms with Crippen molar-refractivity contribution in [3.63, 3.8) is 0 Å². The molecule has 206 valence electrons. The number of ether oxygens (including phenoxy) is 1. The van der Waals surface area contributed by atoms with Gasteiger partial charge in [0, 0.05) is 43.1 Å². The Morgan fingerprint density at radius 1 is 1.18 bits per heavy atom. The van der Waals surface area contributed by atoms with Gasteiger partial charge in [0.15, 0.2) is 0 Å². The predicted octanol–water partition coefficient (Wildman–Crippen LogP) is 4.23. The Balaban J connectivity index is 1.54. The number of hydrogen-bond donors (Lipinski definition) is 5. The Labute approximate surface area is 228 Å². The second-order valence-electron chi connectivity index (χ2n) is 9.58. The quantitative estimate of drug-likeness (QED) is 0.233. The van der Waals surface area contributed by atoms with Crippen LogP contribution < -0.4 is 31.6 Å². The maximum Gasteiger partial charge on any atom is 0.275 e. The monoisotopic (exact) mass is 531 g/mol. The van der Waals surface area contributed by atoms with Crippen LogP contribution in [0.1, 0.15) is 55.6 Å². The van der Waals surface area contributed by atoms with Crippen molar-refractivity contribution in [1.29, 1.82) is 5.41 Å². The van der Waals surface area contributed by atoms with Crippen molar-refractivity contribution in [2.45, 2.75) is 45.6 Å². The lowest BCUT2D eigenvalue weighted by Crippen LogP contribution is -2.39. The molecule has 1 amide bonds. The molecule has 0 bridgehead atoms. The Kier molecular flexibility index (Phi) is 8.85. The summed E-state index contributed by atoms with van der Waals surface area (Å²) in [4.78, 5) is 34.1. The Bertz CT molecular complexity index is 1380. The number of amides is 1. The average molecular weight is 532 g/mol. The van der Waals surface area contributed by atoms with Crippen LogP contribution in [0.3, 0.4) is 0 Å². The van der Waals surface area contributed by atoms with Gasteiger partial charge in [0.25, 0.3) is 5.56 Å². The third-order valence-corrected chi connectivity index (χ3v) is 6.87. The molecule has 6 N–H and O–H groups in total. The van der Waals surface area contributed by atoms with Crippen LogP contribution in [0.2, 0.25) is 0 Å². The molecule has 39 heavy (non-hydrogen) atoms. The number of piperidine rings is 1. The first-order valence-corrected chi connectivity index (χ1v) is 13.4. The number of H-pyrrole nitrogens is 1. The largest absolute Gasteiger partial charge is 0.493 e. The number of nitrogens with one attached hydrogen (secondary N) is 4. The number of primary amides is 1. The summed E-state index contributed by atoms with van der Waals surface area (Å²) in [6.45, 7) is 6.12. The van der Waals surface area contributed by atoms with E-state index in [0.717, 1.165) is 43.7 Å². The van der Waals surface area contributed by atoms with Crippen LogP contribution in [0.4, 0.5) is 17.1 Å². The summed E-state index contributed by atoms with van der Waals surface area (Å²) in [5, 5.41) is 15.0. The van der Waals surface area contributed by atoms with Gasteiger partial charge in [-0.15, -0.1) is 0 Å². The van der Waals surface area contributed by atoms with E-state index >= 15 is 0 Å². The molecular formula is C29H37N7O3. The zero-order valence-corrected chi connectivity index (χ0v) is 22.8. The highest BCUT2D eigenvalue weighted by atomic mass is 16.5. The van der Waals surface area contributed by atoms with Crippen LogP contribution in [0.25, 0.3) is 11.4 Å². The van der Waals surface area contributed by atoms with Gasteiger partial charge in [-0.1, -0.05) is 13.3 Å². The summed E-state index contributed by atoms with van der Waals surface area (Å²) >= 11 is 0. The Morgan fingerprint density at radius 2 is 1.90 bits per heavy atom. The number of aromatic amines is 1. The second kappa shape index (κ2) is 12.5. The summed E-state index contributed by atoms with van der Waals surface area (Å²) in [5.41, 5.74) is 9.15. The van der Waals surface area contributed by atoms with Gasteiger partial charge in [-0.3, -0.25) is 9.59 Å². The van der Waals surface area contributed by atoms with Crippen LogP contribution in [0.5, 0.6) is 5.75 Å². The van der Waals surface area contributed by atoms with Crippen molar-refractivity contribution in [3.8, 4) is 17.1 Å². The highest BCUT2D eigenvalue weighted by Crippen LogP contribution is 2.32. The number of nitrogens with zero attached hydrogens (tertiary/aromatic N) is 2. The number of aromatic nitrogens is 2. The topological polar surface area (TPSA) is 149 Å². The fourth-order valence-corrected chi connectivity index (χ4v) is 4.86. The van der Waals surface area contributed by atoms with E-state index in [1.54, 1.807) is 19.2 Å². The van der Waals surface area contributed by atoms with Crippen molar-refractivity contribution in [1.82, 2.24) is 9.97 Å². The molecule has 3 aromatic rings. The normalized spacial score (nSPS) is 13.7. The van der Waals surface area contributed by atoms with Crippen LogP contribution in [0, 0.1) is 5.41 Å². The summed E-state index contributed by atoms with van der Waals surface area (Å²) in [6, 6.07) is 13.5. The molecule has 1 aliphatic heterocycles. The van der Waals surface area contributed by atoms with E-state index in [0.29, 0.717) is 52.8 Å². The fraction of sp³-hybridized carbons (Fsp3) is 0.379. The fourth-order valence-electron chi connectivity index (χ4n) is 4.86. The third kappa shape index (κ3) is 6.39. The molecule has 0 atom stereocenters. The van der Waals surface area contributed by atoms with Crippen molar-refractivity contribution >= 4 is 28.7 Å². The van der Waals surface area contributed by atoms with Gasteiger partial charge in [0.05, 0.1) is 17.9 Å². The summed E-state index contributed by atoms with van der Waals surface area (Å²) in [5.74, 6) is 0.564. The smallest absolute Gasteiger partial charge is 0.275 e. The van der Waals surface area contributed by atoms with E-state index in [4.69, 9.17) is 20.9 Å². The van der Waals surface area contributed by atoms with Crippen LogP contribution in [-0.2, 0) is 0 Å². The number of hydrogen-bond acceptors (Lipinski definition) is 8. The summed E-state index contributed by atoms with van der Waals surface area (Å²) in [6.07, 6.45) is 3.18. The third-order valence-electron chi connectivity index (χ3n) is 6.87. The minimum absolute atomic E-state index is 0.268. The molecule has 1 saturated heterocycles. The van der Waals surface area contributed by atoms with Crippen molar-refractivity contribution < 1.29 is 9.53 Å². The van der Waals surface area contributed by atoms with Crippen LogP contribution >= 0.6 is 0 Å². The van der Waals surface area contributed by atoms with Crippen LogP contribution in [-0.4, -0.2) is 54.4 Å². The average Bonchev–Trinajstić information content (AvgIpc) is 2.94. The molecule has 2 heterocycles. The van der Waals surface area contributed by atoms with Gasteiger partial charge >= 0.3 is 0 Å². The van der Waals surface area contributed by atoms with Gasteiger partial charge in [0.1, 0.15) is 23.0 Å². The SMILES string of the molecule is CCCC(=N)c1nc(-c2cc(NC3CCN(c4ccc(C(N)=O)cc4)CC3)ccc2OCC)[nH]c(=O)c1NC. The first-order valence-electron chi connectivity index (χ1n) is 13.4. The lowest BCUT2D eigenvalue weighted by atomic mass is 10.0. The Hall–Kier alpha value is -4.34. The first kappa shape index (κ1) is 27.7.